The molecule has 0 atom stereocenters. The molecule has 0 amide bonds. The molecule has 0 radical (unpaired) electrons. The van der Waals surface area contributed by atoms with Gasteiger partial charge in [-0.25, -0.2) is 0 Å². The average molecular weight is 259 g/mol. The maximum Gasteiger partial charge on any atom is 0.325 e. The van der Waals surface area contributed by atoms with Gasteiger partial charge in [0.15, 0.2) is 0 Å². The standard InChI is InChI=1S/C17H14BNO/c20-18-17-12-15(13-7-3-1-4-8-13)11-16(19-17)14-9-5-2-6-10-14/h1-12,18,20H. The highest BCUT2D eigenvalue weighted by atomic mass is 16.2. The van der Waals surface area contributed by atoms with Crippen LogP contribution in [0.4, 0.5) is 0 Å². The summed E-state index contributed by atoms with van der Waals surface area (Å²) in [5.41, 5.74) is 4.83. The van der Waals surface area contributed by atoms with Crippen molar-refractivity contribution in [3.05, 3.63) is 72.8 Å². The Morgan fingerprint density at radius 2 is 1.30 bits per heavy atom. The zero-order valence-electron chi connectivity index (χ0n) is 11.0. The van der Waals surface area contributed by atoms with Crippen LogP contribution in [0.5, 0.6) is 0 Å². The van der Waals surface area contributed by atoms with Gasteiger partial charge in [-0.15, -0.1) is 0 Å². The van der Waals surface area contributed by atoms with Crippen molar-refractivity contribution in [3.63, 3.8) is 0 Å². The van der Waals surface area contributed by atoms with Gasteiger partial charge in [0.25, 0.3) is 0 Å². The minimum atomic E-state index is -0.0551. The van der Waals surface area contributed by atoms with Crippen molar-refractivity contribution in [2.24, 2.45) is 0 Å². The molecule has 0 aliphatic heterocycles. The molecule has 0 spiro atoms. The van der Waals surface area contributed by atoms with Crippen LogP contribution in [0.15, 0.2) is 72.8 Å². The van der Waals surface area contributed by atoms with E-state index in [-0.39, 0.29) is 7.48 Å². The lowest BCUT2D eigenvalue weighted by atomic mass is 9.91. The molecule has 3 rings (SSSR count). The van der Waals surface area contributed by atoms with E-state index in [9.17, 15) is 5.02 Å². The molecule has 2 nitrogen and oxygen atoms in total. The van der Waals surface area contributed by atoms with Crippen LogP contribution in [-0.4, -0.2) is 17.5 Å². The van der Waals surface area contributed by atoms with Crippen molar-refractivity contribution in [2.75, 3.05) is 0 Å². The van der Waals surface area contributed by atoms with Gasteiger partial charge in [0, 0.05) is 11.2 Å². The molecule has 1 N–H and O–H groups in total. The third-order valence-corrected chi connectivity index (χ3v) is 3.22. The highest BCUT2D eigenvalue weighted by molar-refractivity contribution is 6.44. The van der Waals surface area contributed by atoms with Crippen LogP contribution in [0.25, 0.3) is 22.4 Å². The predicted molar refractivity (Wildman–Crippen MR) is 84.1 cm³/mol. The quantitative estimate of drug-likeness (QED) is 0.732. The van der Waals surface area contributed by atoms with Crippen molar-refractivity contribution in [1.29, 1.82) is 0 Å². The maximum absolute atomic E-state index is 9.42. The van der Waals surface area contributed by atoms with Gasteiger partial charge < -0.3 is 5.02 Å². The lowest BCUT2D eigenvalue weighted by Gasteiger charge is -2.08. The Kier molecular flexibility index (Phi) is 3.61. The van der Waals surface area contributed by atoms with E-state index >= 15 is 0 Å². The summed E-state index contributed by atoms with van der Waals surface area (Å²) in [7, 11) is -0.0551. The summed E-state index contributed by atoms with van der Waals surface area (Å²) in [5, 5.41) is 9.42. The number of rotatable bonds is 3. The van der Waals surface area contributed by atoms with Crippen molar-refractivity contribution in [1.82, 2.24) is 4.98 Å². The third-order valence-electron chi connectivity index (χ3n) is 3.22. The van der Waals surface area contributed by atoms with Crippen molar-refractivity contribution in [3.8, 4) is 22.4 Å². The minimum absolute atomic E-state index is 0.0551. The lowest BCUT2D eigenvalue weighted by Crippen LogP contribution is -2.18. The first-order valence-corrected chi connectivity index (χ1v) is 6.59. The summed E-state index contributed by atoms with van der Waals surface area (Å²) in [6, 6.07) is 24.1. The topological polar surface area (TPSA) is 33.1 Å². The van der Waals surface area contributed by atoms with E-state index in [2.05, 4.69) is 23.2 Å². The van der Waals surface area contributed by atoms with Crippen LogP contribution < -0.4 is 5.59 Å². The molecule has 96 valence electrons. The van der Waals surface area contributed by atoms with E-state index in [0.29, 0.717) is 5.59 Å². The second-order valence-corrected chi connectivity index (χ2v) is 4.62. The van der Waals surface area contributed by atoms with Gasteiger partial charge in [0.05, 0.1) is 5.69 Å². The van der Waals surface area contributed by atoms with Gasteiger partial charge in [-0.1, -0.05) is 60.7 Å². The second kappa shape index (κ2) is 5.72. The first-order valence-electron chi connectivity index (χ1n) is 6.59. The zero-order valence-corrected chi connectivity index (χ0v) is 11.0. The van der Waals surface area contributed by atoms with Crippen molar-refractivity contribution in [2.45, 2.75) is 0 Å². The second-order valence-electron chi connectivity index (χ2n) is 4.62. The van der Waals surface area contributed by atoms with E-state index in [0.717, 1.165) is 22.4 Å². The van der Waals surface area contributed by atoms with Gasteiger partial charge in [0.1, 0.15) is 0 Å². The highest BCUT2D eigenvalue weighted by Gasteiger charge is 2.06. The molecule has 1 heterocycles. The van der Waals surface area contributed by atoms with Gasteiger partial charge in [-0.05, 0) is 23.3 Å². The molecule has 0 aliphatic rings. The molecule has 0 unspecified atom stereocenters. The Balaban J connectivity index is 2.13. The van der Waals surface area contributed by atoms with Gasteiger partial charge >= 0.3 is 7.48 Å². The zero-order chi connectivity index (χ0) is 13.8. The van der Waals surface area contributed by atoms with E-state index in [1.807, 2.05) is 54.6 Å². The Bertz CT molecular complexity index is 641. The van der Waals surface area contributed by atoms with Crippen molar-refractivity contribution >= 4 is 13.1 Å². The molecular weight excluding hydrogens is 245 g/mol. The van der Waals surface area contributed by atoms with Crippen LogP contribution in [0.2, 0.25) is 0 Å². The summed E-state index contributed by atoms with van der Waals surface area (Å²) in [5.74, 6) is 0. The van der Waals surface area contributed by atoms with Crippen LogP contribution in [0.3, 0.4) is 0 Å². The summed E-state index contributed by atoms with van der Waals surface area (Å²) in [6.45, 7) is 0. The average Bonchev–Trinajstić information content (AvgIpc) is 2.56. The molecule has 2 aromatic carbocycles. The number of benzene rings is 2. The first kappa shape index (κ1) is 12.6. The van der Waals surface area contributed by atoms with Gasteiger partial charge in [0.2, 0.25) is 0 Å². The molecule has 0 bridgehead atoms. The van der Waals surface area contributed by atoms with Gasteiger partial charge in [-0.2, -0.15) is 0 Å². The Morgan fingerprint density at radius 1 is 0.700 bits per heavy atom. The fourth-order valence-corrected chi connectivity index (χ4v) is 2.22. The summed E-state index contributed by atoms with van der Waals surface area (Å²) >= 11 is 0. The highest BCUT2D eigenvalue weighted by Crippen LogP contribution is 2.23. The summed E-state index contributed by atoms with van der Waals surface area (Å²) < 4.78 is 0. The molecule has 0 saturated heterocycles. The molecule has 3 aromatic rings. The number of pyridine rings is 1. The Morgan fingerprint density at radius 3 is 1.90 bits per heavy atom. The van der Waals surface area contributed by atoms with Crippen LogP contribution >= 0.6 is 0 Å². The predicted octanol–water partition coefficient (Wildman–Crippen LogP) is 2.38. The van der Waals surface area contributed by atoms with Crippen LogP contribution in [-0.2, 0) is 0 Å². The number of nitrogens with zero attached hydrogens (tertiary/aromatic N) is 1. The Hall–Kier alpha value is -2.39. The fraction of sp³-hybridized carbons (Fsp3) is 0. The van der Waals surface area contributed by atoms with Crippen LogP contribution in [0, 0.1) is 0 Å². The minimum Gasteiger partial charge on any atom is -0.448 e. The normalized spacial score (nSPS) is 10.2. The molecule has 0 fully saturated rings. The number of hydrogen-bond donors (Lipinski definition) is 1. The number of hydrogen-bond acceptors (Lipinski definition) is 2. The molecule has 0 aliphatic carbocycles. The Labute approximate surface area is 119 Å². The molecule has 1 aromatic heterocycles. The molecule has 0 saturated carbocycles. The monoisotopic (exact) mass is 259 g/mol. The number of aromatic nitrogens is 1. The molecular formula is C17H14BNO. The summed E-state index contributed by atoms with van der Waals surface area (Å²) in [6.07, 6.45) is 0. The molecule has 20 heavy (non-hydrogen) atoms. The SMILES string of the molecule is OBc1cc(-c2ccccc2)cc(-c2ccccc2)n1. The van der Waals surface area contributed by atoms with Crippen LogP contribution in [0.1, 0.15) is 0 Å². The third kappa shape index (κ3) is 2.63. The smallest absolute Gasteiger partial charge is 0.325 e. The van der Waals surface area contributed by atoms with E-state index in [1.165, 1.54) is 0 Å². The van der Waals surface area contributed by atoms with Gasteiger partial charge in [-0.3, -0.25) is 4.98 Å². The molecule has 3 heteroatoms. The van der Waals surface area contributed by atoms with E-state index in [4.69, 9.17) is 0 Å². The van der Waals surface area contributed by atoms with Crippen molar-refractivity contribution < 1.29 is 5.02 Å². The maximum atomic E-state index is 9.42. The fourth-order valence-electron chi connectivity index (χ4n) is 2.22. The first-order chi connectivity index (χ1) is 9.86. The largest absolute Gasteiger partial charge is 0.448 e. The summed E-state index contributed by atoms with van der Waals surface area (Å²) in [4.78, 5) is 4.50. The van der Waals surface area contributed by atoms with E-state index < -0.39 is 0 Å². The van der Waals surface area contributed by atoms with E-state index in [1.54, 1.807) is 0 Å². The lowest BCUT2D eigenvalue weighted by molar-refractivity contribution is 0.614.